The van der Waals surface area contributed by atoms with Crippen molar-refractivity contribution in [3.05, 3.63) is 29.3 Å². The van der Waals surface area contributed by atoms with Gasteiger partial charge in [-0.25, -0.2) is 14.3 Å². The highest BCUT2D eigenvalue weighted by Crippen LogP contribution is 2.16. The Bertz CT molecular complexity index is 473. The van der Waals surface area contributed by atoms with Crippen LogP contribution in [0.3, 0.4) is 0 Å². The summed E-state index contributed by atoms with van der Waals surface area (Å²) < 4.78 is 23.2. The second-order valence-corrected chi connectivity index (χ2v) is 5.21. The van der Waals surface area contributed by atoms with E-state index in [4.69, 9.17) is 17.4 Å². The maximum absolute atomic E-state index is 11.6. The van der Waals surface area contributed by atoms with Crippen molar-refractivity contribution in [1.29, 1.82) is 0 Å². The molecule has 0 heterocycles. The molecule has 82 valence electrons. The zero-order valence-electron chi connectivity index (χ0n) is 7.60. The molecule has 0 bridgehead atoms. The van der Waals surface area contributed by atoms with Crippen LogP contribution in [0.15, 0.2) is 29.2 Å². The summed E-state index contributed by atoms with van der Waals surface area (Å²) in [5.74, 6) is 3.34. The maximum Gasteiger partial charge on any atom is 0.249 e. The molecule has 0 aliphatic carbocycles. The van der Waals surface area contributed by atoms with Gasteiger partial charge in [0.1, 0.15) is 5.75 Å². The normalized spacial score (nSPS) is 11.1. The van der Waals surface area contributed by atoms with E-state index in [0.29, 0.717) is 5.02 Å². The first-order valence-corrected chi connectivity index (χ1v) is 5.96. The fourth-order valence-corrected chi connectivity index (χ4v) is 2.40. The molecule has 0 saturated carbocycles. The summed E-state index contributed by atoms with van der Waals surface area (Å²) in [6, 6.07) is 5.69. The molecule has 0 spiro atoms. The summed E-state index contributed by atoms with van der Waals surface area (Å²) in [6.45, 7) is 0. The monoisotopic (exact) mass is 248 g/mol. The molecule has 1 aromatic rings. The predicted molar refractivity (Wildman–Crippen MR) is 55.8 cm³/mol. The van der Waals surface area contributed by atoms with E-state index in [0.717, 1.165) is 0 Å². The molecule has 5 nitrogen and oxygen atoms in total. The second-order valence-electron chi connectivity index (χ2n) is 2.78. The van der Waals surface area contributed by atoms with E-state index >= 15 is 0 Å². The molecule has 0 atom stereocenters. The van der Waals surface area contributed by atoms with E-state index < -0.39 is 21.5 Å². The Labute approximate surface area is 92.1 Å². The van der Waals surface area contributed by atoms with Gasteiger partial charge in [-0.15, -0.1) is 0 Å². The van der Waals surface area contributed by atoms with Gasteiger partial charge in [0.15, 0.2) is 9.84 Å². The van der Waals surface area contributed by atoms with Gasteiger partial charge in [-0.1, -0.05) is 17.7 Å². The van der Waals surface area contributed by atoms with Gasteiger partial charge in [0, 0.05) is 5.02 Å². The molecule has 1 rings (SSSR count). The fourth-order valence-electron chi connectivity index (χ4n) is 0.958. The molecule has 1 aromatic carbocycles. The molecule has 0 saturated heterocycles. The van der Waals surface area contributed by atoms with Crippen molar-refractivity contribution >= 4 is 27.3 Å². The summed E-state index contributed by atoms with van der Waals surface area (Å²) in [5.41, 5.74) is 1.75. The first-order chi connectivity index (χ1) is 6.95. The molecule has 0 unspecified atom stereocenters. The van der Waals surface area contributed by atoms with Crippen LogP contribution in [-0.2, 0) is 14.6 Å². The SMILES string of the molecule is NNC(=O)CS(=O)(=O)c1cccc(Cl)c1. The van der Waals surface area contributed by atoms with E-state index in [-0.39, 0.29) is 4.90 Å². The zero-order valence-corrected chi connectivity index (χ0v) is 9.18. The Morgan fingerprint density at radius 3 is 2.67 bits per heavy atom. The van der Waals surface area contributed by atoms with Crippen molar-refractivity contribution in [3.8, 4) is 0 Å². The highest BCUT2D eigenvalue weighted by atomic mass is 35.5. The predicted octanol–water partition coefficient (Wildman–Crippen LogP) is 0.104. The summed E-state index contributed by atoms with van der Waals surface area (Å²) in [6.07, 6.45) is 0. The third kappa shape index (κ3) is 3.19. The van der Waals surface area contributed by atoms with Crippen molar-refractivity contribution < 1.29 is 13.2 Å². The van der Waals surface area contributed by atoms with E-state index in [2.05, 4.69) is 0 Å². The molecule has 3 N–H and O–H groups in total. The average molecular weight is 249 g/mol. The summed E-state index contributed by atoms with van der Waals surface area (Å²) in [7, 11) is -3.67. The van der Waals surface area contributed by atoms with Gasteiger partial charge in [-0.2, -0.15) is 0 Å². The van der Waals surface area contributed by atoms with Crippen LogP contribution in [0, 0.1) is 0 Å². The number of rotatable bonds is 3. The minimum absolute atomic E-state index is 0.00130. The molecule has 0 fully saturated rings. The number of hydrogen-bond donors (Lipinski definition) is 2. The van der Waals surface area contributed by atoms with Crippen LogP contribution in [0.5, 0.6) is 0 Å². The highest BCUT2D eigenvalue weighted by Gasteiger charge is 2.18. The number of amides is 1. The summed E-state index contributed by atoms with van der Waals surface area (Å²) in [4.78, 5) is 10.8. The summed E-state index contributed by atoms with van der Waals surface area (Å²) >= 11 is 5.63. The number of sulfone groups is 1. The molecule has 1 amide bonds. The lowest BCUT2D eigenvalue weighted by Crippen LogP contribution is -2.35. The Balaban J connectivity index is 3.01. The number of nitrogens with one attached hydrogen (secondary N) is 1. The lowest BCUT2D eigenvalue weighted by Gasteiger charge is -2.03. The van der Waals surface area contributed by atoms with Gasteiger partial charge in [0.2, 0.25) is 5.91 Å². The lowest BCUT2D eigenvalue weighted by atomic mass is 10.4. The number of carbonyl (C=O) groups is 1. The number of carbonyl (C=O) groups excluding carboxylic acids is 1. The van der Waals surface area contributed by atoms with Crippen LogP contribution in [0.2, 0.25) is 5.02 Å². The number of halogens is 1. The number of hydrogen-bond acceptors (Lipinski definition) is 4. The van der Waals surface area contributed by atoms with E-state index in [1.807, 2.05) is 0 Å². The molecule has 15 heavy (non-hydrogen) atoms. The molecular formula is C8H9ClN2O3S. The first-order valence-electron chi connectivity index (χ1n) is 3.93. The van der Waals surface area contributed by atoms with Gasteiger partial charge in [0.25, 0.3) is 0 Å². The fraction of sp³-hybridized carbons (Fsp3) is 0.125. The lowest BCUT2D eigenvalue weighted by molar-refractivity contribution is -0.118. The van der Waals surface area contributed by atoms with Crippen molar-refractivity contribution in [2.75, 3.05) is 5.75 Å². The van der Waals surface area contributed by atoms with E-state index in [9.17, 15) is 13.2 Å². The molecule has 0 aliphatic heterocycles. The third-order valence-corrected chi connectivity index (χ3v) is 3.49. The van der Waals surface area contributed by atoms with Gasteiger partial charge in [-0.3, -0.25) is 10.2 Å². The molecule has 0 aromatic heterocycles. The smallest absolute Gasteiger partial charge is 0.249 e. The topological polar surface area (TPSA) is 89.3 Å². The molecule has 0 radical (unpaired) electrons. The van der Waals surface area contributed by atoms with Gasteiger partial charge < -0.3 is 0 Å². The molecule has 0 aliphatic rings. The van der Waals surface area contributed by atoms with E-state index in [1.54, 1.807) is 11.5 Å². The number of nitrogens with two attached hydrogens (primary N) is 1. The molecule has 7 heteroatoms. The Morgan fingerprint density at radius 1 is 1.47 bits per heavy atom. The van der Waals surface area contributed by atoms with E-state index in [1.165, 1.54) is 18.2 Å². The van der Waals surface area contributed by atoms with Crippen molar-refractivity contribution in [1.82, 2.24) is 5.43 Å². The van der Waals surface area contributed by atoms with Crippen LogP contribution in [0.4, 0.5) is 0 Å². The van der Waals surface area contributed by atoms with Crippen LogP contribution in [0.25, 0.3) is 0 Å². The second kappa shape index (κ2) is 4.61. The minimum Gasteiger partial charge on any atom is -0.293 e. The average Bonchev–Trinajstić information content (AvgIpc) is 2.17. The minimum atomic E-state index is -3.67. The van der Waals surface area contributed by atoms with Crippen molar-refractivity contribution in [2.45, 2.75) is 4.90 Å². The van der Waals surface area contributed by atoms with Crippen LogP contribution in [0.1, 0.15) is 0 Å². The maximum atomic E-state index is 11.6. The third-order valence-electron chi connectivity index (χ3n) is 1.64. The molecular weight excluding hydrogens is 240 g/mol. The number of benzene rings is 1. The largest absolute Gasteiger partial charge is 0.293 e. The van der Waals surface area contributed by atoms with Crippen molar-refractivity contribution in [3.63, 3.8) is 0 Å². The van der Waals surface area contributed by atoms with Gasteiger partial charge in [-0.05, 0) is 18.2 Å². The quantitative estimate of drug-likeness (QED) is 0.451. The highest BCUT2D eigenvalue weighted by molar-refractivity contribution is 7.92. The van der Waals surface area contributed by atoms with Crippen molar-refractivity contribution in [2.24, 2.45) is 5.84 Å². The van der Waals surface area contributed by atoms with Crippen LogP contribution >= 0.6 is 11.6 Å². The Morgan fingerprint density at radius 2 is 2.13 bits per heavy atom. The van der Waals surface area contributed by atoms with Crippen LogP contribution < -0.4 is 11.3 Å². The Hall–Kier alpha value is -1.11. The summed E-state index contributed by atoms with van der Waals surface area (Å²) in [5, 5.41) is 0.296. The standard InChI is InChI=1S/C8H9ClN2O3S/c9-6-2-1-3-7(4-6)15(13,14)5-8(12)11-10/h1-4H,5,10H2,(H,11,12). The first kappa shape index (κ1) is 12.0. The van der Waals surface area contributed by atoms with Crippen LogP contribution in [-0.4, -0.2) is 20.1 Å². The van der Waals surface area contributed by atoms with Gasteiger partial charge >= 0.3 is 0 Å². The Kier molecular flexibility index (Phi) is 3.67. The van der Waals surface area contributed by atoms with Gasteiger partial charge in [0.05, 0.1) is 4.90 Å². The number of hydrazine groups is 1. The zero-order chi connectivity index (χ0) is 11.5.